The zero-order valence-corrected chi connectivity index (χ0v) is 14.8. The van der Waals surface area contributed by atoms with E-state index in [0.717, 1.165) is 16.7 Å². The number of aromatic nitrogens is 7. The van der Waals surface area contributed by atoms with Gasteiger partial charge in [-0.15, -0.1) is 5.10 Å². The number of amides is 1. The standard InChI is InChI=1S/C18H14N10O/c19-18-20-6-5-15(23-18)21-9-1-3-12-11(7-9)16(27-24-12)17(29)22-10-2-4-13-14(8-10)26-28-25-13/h1-8H,(H,22,29)(H,24,27)(H,25,26,28)(H3,19,20,21,23). The molecule has 6 N–H and O–H groups in total. The molecule has 11 heteroatoms. The van der Waals surface area contributed by atoms with Gasteiger partial charge in [0.2, 0.25) is 5.95 Å². The smallest absolute Gasteiger partial charge is 0.276 e. The largest absolute Gasteiger partial charge is 0.368 e. The van der Waals surface area contributed by atoms with Crippen LogP contribution in [0.4, 0.5) is 23.1 Å². The van der Waals surface area contributed by atoms with Crippen molar-refractivity contribution in [2.24, 2.45) is 0 Å². The van der Waals surface area contributed by atoms with Gasteiger partial charge in [0.15, 0.2) is 5.69 Å². The van der Waals surface area contributed by atoms with Crippen LogP contribution < -0.4 is 16.4 Å². The minimum atomic E-state index is -0.345. The number of hydrogen-bond acceptors (Lipinski definition) is 8. The van der Waals surface area contributed by atoms with Crippen molar-refractivity contribution in [2.45, 2.75) is 0 Å². The molecule has 0 bridgehead atoms. The third-order valence-electron chi connectivity index (χ3n) is 4.31. The SMILES string of the molecule is Nc1nccc(Nc2ccc3[nH]nc(C(=O)Nc4ccc5[nH]nnc5c4)c3c2)n1. The average Bonchev–Trinajstić information content (AvgIpc) is 3.34. The first-order valence-corrected chi connectivity index (χ1v) is 8.61. The predicted molar refractivity (Wildman–Crippen MR) is 108 cm³/mol. The molecule has 11 nitrogen and oxygen atoms in total. The highest BCUT2D eigenvalue weighted by atomic mass is 16.1. The van der Waals surface area contributed by atoms with Gasteiger partial charge in [-0.2, -0.15) is 10.1 Å². The molecule has 0 unspecified atom stereocenters. The number of hydrogen-bond donors (Lipinski definition) is 5. The molecule has 0 saturated carbocycles. The third-order valence-corrected chi connectivity index (χ3v) is 4.31. The average molecular weight is 386 g/mol. The number of carbonyl (C=O) groups excluding carboxylic acids is 1. The van der Waals surface area contributed by atoms with Crippen molar-refractivity contribution >= 4 is 51.0 Å². The number of nitrogen functional groups attached to an aromatic ring is 1. The molecular formula is C18H14N10O. The molecule has 0 atom stereocenters. The Kier molecular flexibility index (Phi) is 3.76. The van der Waals surface area contributed by atoms with Crippen molar-refractivity contribution < 1.29 is 4.79 Å². The summed E-state index contributed by atoms with van der Waals surface area (Å²) in [6.45, 7) is 0. The molecule has 0 spiro atoms. The molecule has 0 fully saturated rings. The van der Waals surface area contributed by atoms with Crippen LogP contribution in [0.25, 0.3) is 21.9 Å². The lowest BCUT2D eigenvalue weighted by molar-refractivity contribution is 0.102. The lowest BCUT2D eigenvalue weighted by atomic mass is 10.1. The Hall–Kier alpha value is -4.54. The number of fused-ring (bicyclic) bond motifs is 2. The molecule has 142 valence electrons. The van der Waals surface area contributed by atoms with Crippen LogP contribution in [0.1, 0.15) is 10.5 Å². The van der Waals surface area contributed by atoms with Crippen LogP contribution >= 0.6 is 0 Å². The Labute approximate surface area is 162 Å². The number of benzene rings is 2. The number of anilines is 4. The highest BCUT2D eigenvalue weighted by molar-refractivity contribution is 6.11. The number of carbonyl (C=O) groups is 1. The molecule has 3 heterocycles. The van der Waals surface area contributed by atoms with Crippen LogP contribution in [0, 0.1) is 0 Å². The molecule has 5 aromatic rings. The summed E-state index contributed by atoms with van der Waals surface area (Å²) in [5, 5.41) is 24.1. The Bertz CT molecular complexity index is 1360. The number of rotatable bonds is 4. The summed E-state index contributed by atoms with van der Waals surface area (Å²) in [4.78, 5) is 20.8. The first-order chi connectivity index (χ1) is 14.2. The Morgan fingerprint density at radius 1 is 1.00 bits per heavy atom. The van der Waals surface area contributed by atoms with Gasteiger partial charge in [0.1, 0.15) is 11.3 Å². The number of nitrogens with zero attached hydrogens (tertiary/aromatic N) is 5. The Morgan fingerprint density at radius 3 is 2.76 bits per heavy atom. The van der Waals surface area contributed by atoms with Gasteiger partial charge in [-0.05, 0) is 42.5 Å². The van der Waals surface area contributed by atoms with Crippen molar-refractivity contribution in [1.29, 1.82) is 0 Å². The fraction of sp³-hybridized carbons (Fsp3) is 0. The maximum atomic E-state index is 12.8. The van der Waals surface area contributed by atoms with Crippen LogP contribution in [0.5, 0.6) is 0 Å². The van der Waals surface area contributed by atoms with E-state index in [0.29, 0.717) is 22.4 Å². The second-order valence-corrected chi connectivity index (χ2v) is 6.26. The Morgan fingerprint density at radius 2 is 1.86 bits per heavy atom. The normalized spacial score (nSPS) is 11.0. The van der Waals surface area contributed by atoms with Gasteiger partial charge in [-0.3, -0.25) is 15.0 Å². The molecule has 0 aliphatic carbocycles. The van der Waals surface area contributed by atoms with Crippen LogP contribution in [-0.4, -0.2) is 41.5 Å². The summed E-state index contributed by atoms with van der Waals surface area (Å²) >= 11 is 0. The topological polar surface area (TPSA) is 163 Å². The molecule has 5 rings (SSSR count). The monoisotopic (exact) mass is 386 g/mol. The summed E-state index contributed by atoms with van der Waals surface area (Å²) in [5.41, 5.74) is 9.38. The lowest BCUT2D eigenvalue weighted by Crippen LogP contribution is -2.12. The summed E-state index contributed by atoms with van der Waals surface area (Å²) in [5.74, 6) is 0.373. The molecular weight excluding hydrogens is 372 g/mol. The van der Waals surface area contributed by atoms with Crippen molar-refractivity contribution in [2.75, 3.05) is 16.4 Å². The highest BCUT2D eigenvalue weighted by Gasteiger charge is 2.15. The van der Waals surface area contributed by atoms with Crippen LogP contribution in [0.2, 0.25) is 0 Å². The van der Waals surface area contributed by atoms with Crippen LogP contribution in [-0.2, 0) is 0 Å². The fourth-order valence-electron chi connectivity index (χ4n) is 2.97. The minimum Gasteiger partial charge on any atom is -0.368 e. The van der Waals surface area contributed by atoms with E-state index in [1.807, 2.05) is 18.2 Å². The van der Waals surface area contributed by atoms with E-state index >= 15 is 0 Å². The number of H-pyrrole nitrogens is 2. The fourth-order valence-corrected chi connectivity index (χ4v) is 2.97. The van der Waals surface area contributed by atoms with Gasteiger partial charge in [0.25, 0.3) is 5.91 Å². The van der Waals surface area contributed by atoms with E-state index in [1.54, 1.807) is 30.5 Å². The molecule has 2 aromatic carbocycles. The zero-order valence-electron chi connectivity index (χ0n) is 14.8. The molecule has 0 saturated heterocycles. The quantitative estimate of drug-likeness (QED) is 0.314. The van der Waals surface area contributed by atoms with E-state index in [-0.39, 0.29) is 17.5 Å². The minimum absolute atomic E-state index is 0.170. The highest BCUT2D eigenvalue weighted by Crippen LogP contribution is 2.24. The van der Waals surface area contributed by atoms with Crippen molar-refractivity contribution in [3.63, 3.8) is 0 Å². The van der Waals surface area contributed by atoms with E-state index in [9.17, 15) is 4.79 Å². The second-order valence-electron chi connectivity index (χ2n) is 6.26. The van der Waals surface area contributed by atoms with Gasteiger partial charge in [0.05, 0.1) is 11.0 Å². The van der Waals surface area contributed by atoms with Crippen molar-refractivity contribution in [3.05, 3.63) is 54.4 Å². The molecule has 3 aromatic heterocycles. The van der Waals surface area contributed by atoms with E-state index in [4.69, 9.17) is 5.73 Å². The van der Waals surface area contributed by atoms with E-state index in [2.05, 4.69) is 46.2 Å². The number of aromatic amines is 2. The molecule has 1 amide bonds. The predicted octanol–water partition coefficient (Wildman–Crippen LogP) is 2.20. The van der Waals surface area contributed by atoms with Gasteiger partial charge in [-0.1, -0.05) is 5.21 Å². The first kappa shape index (κ1) is 16.6. The first-order valence-electron chi connectivity index (χ1n) is 8.61. The maximum Gasteiger partial charge on any atom is 0.276 e. The van der Waals surface area contributed by atoms with E-state index < -0.39 is 0 Å². The van der Waals surface area contributed by atoms with Crippen LogP contribution in [0.15, 0.2) is 48.7 Å². The lowest BCUT2D eigenvalue weighted by Gasteiger charge is -2.06. The number of nitrogens with one attached hydrogen (secondary N) is 4. The van der Waals surface area contributed by atoms with Gasteiger partial charge in [-0.25, -0.2) is 4.98 Å². The van der Waals surface area contributed by atoms with Crippen molar-refractivity contribution in [1.82, 2.24) is 35.6 Å². The van der Waals surface area contributed by atoms with Crippen LogP contribution in [0.3, 0.4) is 0 Å². The van der Waals surface area contributed by atoms with Gasteiger partial charge < -0.3 is 16.4 Å². The summed E-state index contributed by atoms with van der Waals surface area (Å²) in [6.07, 6.45) is 1.56. The van der Waals surface area contributed by atoms with Gasteiger partial charge >= 0.3 is 0 Å². The maximum absolute atomic E-state index is 12.8. The van der Waals surface area contributed by atoms with Crippen molar-refractivity contribution in [3.8, 4) is 0 Å². The second kappa shape index (κ2) is 6.56. The third kappa shape index (κ3) is 3.16. The van der Waals surface area contributed by atoms with E-state index in [1.165, 1.54) is 0 Å². The zero-order chi connectivity index (χ0) is 19.8. The summed E-state index contributed by atoms with van der Waals surface area (Å²) in [7, 11) is 0. The molecule has 0 aliphatic rings. The summed E-state index contributed by atoms with van der Waals surface area (Å²) in [6, 6.07) is 12.5. The summed E-state index contributed by atoms with van der Waals surface area (Å²) < 4.78 is 0. The van der Waals surface area contributed by atoms with Gasteiger partial charge in [0, 0.05) is 23.0 Å². The molecule has 29 heavy (non-hydrogen) atoms. The number of nitrogens with two attached hydrogens (primary N) is 1. The Balaban J connectivity index is 1.43. The molecule has 0 radical (unpaired) electrons. The molecule has 0 aliphatic heterocycles.